The summed E-state index contributed by atoms with van der Waals surface area (Å²) in [5, 5.41) is 3.97. The van der Waals surface area contributed by atoms with Gasteiger partial charge in [-0.1, -0.05) is 13.8 Å². The zero-order chi connectivity index (χ0) is 12.3. The number of nitrogens with zero attached hydrogens (tertiary/aromatic N) is 3. The molecule has 0 aromatic carbocycles. The summed E-state index contributed by atoms with van der Waals surface area (Å²) in [7, 11) is -1.97. The van der Waals surface area contributed by atoms with Crippen LogP contribution in [-0.2, 0) is 16.6 Å². The van der Waals surface area contributed by atoms with Gasteiger partial charge in [-0.05, 0) is 6.42 Å². The van der Waals surface area contributed by atoms with E-state index in [1.54, 1.807) is 11.6 Å². The molecule has 0 saturated carbocycles. The van der Waals surface area contributed by atoms with Crippen LogP contribution in [0.3, 0.4) is 0 Å². The van der Waals surface area contributed by atoms with Crippen molar-refractivity contribution in [1.82, 2.24) is 14.1 Å². The van der Waals surface area contributed by atoms with Crippen molar-refractivity contribution in [3.05, 3.63) is 6.20 Å². The molecule has 0 spiro atoms. The number of hydrogen-bond acceptors (Lipinski definition) is 4. The van der Waals surface area contributed by atoms with Gasteiger partial charge < -0.3 is 5.73 Å². The Bertz CT molecular complexity index is 452. The molecule has 92 valence electrons. The van der Waals surface area contributed by atoms with Gasteiger partial charge in [0.25, 0.3) is 0 Å². The molecule has 0 amide bonds. The lowest BCUT2D eigenvalue weighted by Crippen LogP contribution is -2.26. The largest absolute Gasteiger partial charge is 0.381 e. The smallest absolute Gasteiger partial charge is 0.248 e. The fourth-order valence-electron chi connectivity index (χ4n) is 1.30. The number of rotatable bonds is 5. The molecule has 2 N–H and O–H groups in total. The second-order valence-corrected chi connectivity index (χ2v) is 5.57. The van der Waals surface area contributed by atoms with E-state index >= 15 is 0 Å². The fraction of sp³-hybridized carbons (Fsp3) is 0.667. The van der Waals surface area contributed by atoms with Gasteiger partial charge in [-0.3, -0.25) is 4.68 Å². The van der Waals surface area contributed by atoms with Gasteiger partial charge in [-0.2, -0.15) is 5.10 Å². The van der Waals surface area contributed by atoms with Crippen LogP contribution in [0.15, 0.2) is 11.1 Å². The van der Waals surface area contributed by atoms with Crippen LogP contribution in [0.5, 0.6) is 0 Å². The summed E-state index contributed by atoms with van der Waals surface area (Å²) in [6, 6.07) is 0. The maximum atomic E-state index is 12.0. The molecule has 0 atom stereocenters. The SMILES string of the molecule is CCCn1cc(S(=O)(=O)N(C)CC)c(N)n1. The van der Waals surface area contributed by atoms with Gasteiger partial charge in [0.1, 0.15) is 4.90 Å². The van der Waals surface area contributed by atoms with E-state index < -0.39 is 10.0 Å². The van der Waals surface area contributed by atoms with Crippen LogP contribution in [0.25, 0.3) is 0 Å². The topological polar surface area (TPSA) is 81.2 Å². The van der Waals surface area contributed by atoms with Gasteiger partial charge in [-0.15, -0.1) is 0 Å². The first kappa shape index (κ1) is 13.0. The molecule has 1 aromatic heterocycles. The van der Waals surface area contributed by atoms with E-state index in [0.717, 1.165) is 6.42 Å². The molecule has 0 aliphatic rings. The first-order chi connectivity index (χ1) is 7.43. The zero-order valence-electron chi connectivity index (χ0n) is 9.84. The third kappa shape index (κ3) is 2.35. The van der Waals surface area contributed by atoms with Crippen molar-refractivity contribution < 1.29 is 8.42 Å². The molecular weight excluding hydrogens is 228 g/mol. The maximum Gasteiger partial charge on any atom is 0.248 e. The molecule has 1 aromatic rings. The Balaban J connectivity index is 3.13. The predicted octanol–water partition coefficient (Wildman–Crippen LogP) is 0.516. The highest BCUT2D eigenvalue weighted by Gasteiger charge is 2.24. The van der Waals surface area contributed by atoms with Crippen LogP contribution in [0.2, 0.25) is 0 Å². The van der Waals surface area contributed by atoms with E-state index in [1.165, 1.54) is 17.5 Å². The van der Waals surface area contributed by atoms with Crippen molar-refractivity contribution in [1.29, 1.82) is 0 Å². The molecule has 16 heavy (non-hydrogen) atoms. The highest BCUT2D eigenvalue weighted by atomic mass is 32.2. The van der Waals surface area contributed by atoms with Crippen LogP contribution in [0, 0.1) is 0 Å². The summed E-state index contributed by atoms with van der Waals surface area (Å²) < 4.78 is 26.8. The van der Waals surface area contributed by atoms with E-state index in [9.17, 15) is 8.42 Å². The summed E-state index contributed by atoms with van der Waals surface area (Å²) >= 11 is 0. The van der Waals surface area contributed by atoms with Crippen LogP contribution in [-0.4, -0.2) is 36.1 Å². The van der Waals surface area contributed by atoms with Gasteiger partial charge >= 0.3 is 0 Å². The average Bonchev–Trinajstić information content (AvgIpc) is 2.59. The van der Waals surface area contributed by atoms with Crippen LogP contribution in [0.4, 0.5) is 5.82 Å². The lowest BCUT2D eigenvalue weighted by atomic mass is 10.5. The molecule has 0 radical (unpaired) electrons. The molecule has 1 heterocycles. The summed E-state index contributed by atoms with van der Waals surface area (Å²) in [4.78, 5) is 0.0882. The molecule has 6 nitrogen and oxygen atoms in total. The fourth-order valence-corrected chi connectivity index (χ4v) is 2.53. The van der Waals surface area contributed by atoms with Gasteiger partial charge in [0.05, 0.1) is 0 Å². The number of nitrogen functional groups attached to an aromatic ring is 1. The molecular formula is C9H18N4O2S. The Labute approximate surface area is 96.1 Å². The second kappa shape index (κ2) is 4.84. The maximum absolute atomic E-state index is 12.0. The molecule has 0 unspecified atom stereocenters. The van der Waals surface area contributed by atoms with E-state index in [2.05, 4.69) is 5.10 Å². The van der Waals surface area contributed by atoms with E-state index in [-0.39, 0.29) is 10.7 Å². The molecule has 0 saturated heterocycles. The van der Waals surface area contributed by atoms with Gasteiger partial charge in [0.15, 0.2) is 5.82 Å². The van der Waals surface area contributed by atoms with Crippen molar-refractivity contribution in [2.45, 2.75) is 31.7 Å². The normalized spacial score (nSPS) is 12.2. The van der Waals surface area contributed by atoms with Gasteiger partial charge in [-0.25, -0.2) is 12.7 Å². The molecule has 0 aliphatic heterocycles. The van der Waals surface area contributed by atoms with Gasteiger partial charge in [0, 0.05) is 26.3 Å². The Kier molecular flexibility index (Phi) is 3.93. The quantitative estimate of drug-likeness (QED) is 0.821. The molecule has 0 fully saturated rings. The predicted molar refractivity (Wildman–Crippen MR) is 62.4 cm³/mol. The molecule has 7 heteroatoms. The standard InChI is InChI=1S/C9H18N4O2S/c1-4-6-13-7-8(9(10)11-13)16(14,15)12(3)5-2/h7H,4-6H2,1-3H3,(H2,10,11). The van der Waals surface area contributed by atoms with Crippen molar-refractivity contribution in [3.8, 4) is 0 Å². The van der Waals surface area contributed by atoms with Crippen molar-refractivity contribution in [3.63, 3.8) is 0 Å². The zero-order valence-corrected chi connectivity index (χ0v) is 10.7. The van der Waals surface area contributed by atoms with Crippen LogP contribution in [0.1, 0.15) is 20.3 Å². The third-order valence-corrected chi connectivity index (χ3v) is 4.29. The van der Waals surface area contributed by atoms with Crippen LogP contribution < -0.4 is 5.73 Å². The highest BCUT2D eigenvalue weighted by Crippen LogP contribution is 2.19. The lowest BCUT2D eigenvalue weighted by molar-refractivity contribution is 0.486. The first-order valence-electron chi connectivity index (χ1n) is 5.22. The molecule has 0 bridgehead atoms. The van der Waals surface area contributed by atoms with Gasteiger partial charge in [0.2, 0.25) is 10.0 Å². The number of hydrogen-bond donors (Lipinski definition) is 1. The molecule has 0 aliphatic carbocycles. The summed E-state index contributed by atoms with van der Waals surface area (Å²) in [5.41, 5.74) is 5.61. The lowest BCUT2D eigenvalue weighted by Gasteiger charge is -2.13. The highest BCUT2D eigenvalue weighted by molar-refractivity contribution is 7.89. The minimum Gasteiger partial charge on any atom is -0.381 e. The Morgan fingerprint density at radius 2 is 2.12 bits per heavy atom. The van der Waals surface area contributed by atoms with Crippen molar-refractivity contribution in [2.75, 3.05) is 19.3 Å². The van der Waals surface area contributed by atoms with Crippen molar-refractivity contribution in [2.24, 2.45) is 0 Å². The van der Waals surface area contributed by atoms with E-state index in [4.69, 9.17) is 5.73 Å². The van der Waals surface area contributed by atoms with E-state index in [1.807, 2.05) is 6.92 Å². The Hall–Kier alpha value is -1.08. The second-order valence-electron chi connectivity index (χ2n) is 3.56. The number of sulfonamides is 1. The third-order valence-electron chi connectivity index (χ3n) is 2.34. The Morgan fingerprint density at radius 1 is 1.50 bits per heavy atom. The first-order valence-corrected chi connectivity index (χ1v) is 6.66. The number of anilines is 1. The monoisotopic (exact) mass is 246 g/mol. The molecule has 1 rings (SSSR count). The van der Waals surface area contributed by atoms with E-state index in [0.29, 0.717) is 13.1 Å². The average molecular weight is 246 g/mol. The number of aromatic nitrogens is 2. The summed E-state index contributed by atoms with van der Waals surface area (Å²) in [6.07, 6.45) is 2.37. The Morgan fingerprint density at radius 3 is 2.62 bits per heavy atom. The number of nitrogens with two attached hydrogens (primary N) is 1. The summed E-state index contributed by atoms with van der Waals surface area (Å²) in [5.74, 6) is 0.0637. The summed E-state index contributed by atoms with van der Waals surface area (Å²) in [6.45, 7) is 4.82. The minimum absolute atomic E-state index is 0.0637. The number of aryl methyl sites for hydroxylation is 1. The van der Waals surface area contributed by atoms with Crippen molar-refractivity contribution >= 4 is 15.8 Å². The minimum atomic E-state index is -3.49. The van der Waals surface area contributed by atoms with Crippen LogP contribution >= 0.6 is 0 Å².